The molecule has 1 amide bonds. The summed E-state index contributed by atoms with van der Waals surface area (Å²) in [6.07, 6.45) is 2.18. The molecule has 3 aromatic carbocycles. The van der Waals surface area contributed by atoms with Gasteiger partial charge in [-0.15, -0.1) is 5.10 Å². The second-order valence-corrected chi connectivity index (χ2v) is 11.8. The van der Waals surface area contributed by atoms with E-state index in [4.69, 9.17) is 19.6 Å². The van der Waals surface area contributed by atoms with Gasteiger partial charge in [-0.05, 0) is 80.1 Å². The molecule has 5 rings (SSSR count). The molecule has 0 radical (unpaired) electrons. The van der Waals surface area contributed by atoms with Gasteiger partial charge < -0.3 is 20.1 Å². The van der Waals surface area contributed by atoms with E-state index in [1.807, 2.05) is 74.0 Å². The number of thioether (sulfide) groups is 1. The Morgan fingerprint density at radius 2 is 1.81 bits per heavy atom. The third-order valence-corrected chi connectivity index (χ3v) is 8.73. The van der Waals surface area contributed by atoms with Crippen LogP contribution in [0.1, 0.15) is 60.5 Å². The molecular formula is C34H39N5O3S. The van der Waals surface area contributed by atoms with Crippen LogP contribution in [0.4, 0.5) is 11.6 Å². The zero-order valence-electron chi connectivity index (χ0n) is 25.7. The average Bonchev–Trinajstić information content (AvgIpc) is 3.40. The van der Waals surface area contributed by atoms with Crippen molar-refractivity contribution in [2.24, 2.45) is 0 Å². The van der Waals surface area contributed by atoms with Crippen LogP contribution in [0, 0.1) is 20.8 Å². The van der Waals surface area contributed by atoms with Crippen LogP contribution in [0.5, 0.6) is 11.5 Å². The summed E-state index contributed by atoms with van der Waals surface area (Å²) in [6, 6.07) is 19.3. The number of amides is 1. The van der Waals surface area contributed by atoms with Gasteiger partial charge in [-0.1, -0.05) is 67.6 Å². The van der Waals surface area contributed by atoms with Gasteiger partial charge in [0.05, 0.1) is 12.7 Å². The van der Waals surface area contributed by atoms with Crippen molar-refractivity contribution in [3.05, 3.63) is 99.8 Å². The lowest BCUT2D eigenvalue weighted by Crippen LogP contribution is -2.31. The van der Waals surface area contributed by atoms with E-state index in [9.17, 15) is 4.79 Å². The molecule has 0 spiro atoms. The number of nitrogens with zero attached hydrogens (tertiary/aromatic N) is 3. The average molecular weight is 598 g/mol. The summed E-state index contributed by atoms with van der Waals surface area (Å²) in [6.45, 7) is 10.6. The lowest BCUT2D eigenvalue weighted by molar-refractivity contribution is -0.113. The first kappa shape index (κ1) is 30.2. The second kappa shape index (κ2) is 13.4. The number of aryl methyl sites for hydroxylation is 2. The standard InChI is InChI=1S/C34H39N5O3S/c1-7-8-18-43-34-37-33-35-24(5)30(32(40)36-27-15-11-13-21(2)23(27)4)31(39(33)38-34)25-16-17-28(29(19-25)41-6)42-20-26-14-10-9-12-22(26)3/h9-17,19,31H,7-8,18,20H2,1-6H3,(H,36,40)(H,35,37,38). The molecule has 1 aromatic heterocycles. The van der Waals surface area contributed by atoms with E-state index >= 15 is 0 Å². The lowest BCUT2D eigenvalue weighted by Gasteiger charge is -2.29. The summed E-state index contributed by atoms with van der Waals surface area (Å²) in [4.78, 5) is 18.8. The van der Waals surface area contributed by atoms with Crippen LogP contribution in [0.2, 0.25) is 0 Å². The molecule has 9 heteroatoms. The van der Waals surface area contributed by atoms with Crippen LogP contribution in [-0.2, 0) is 11.4 Å². The Balaban J connectivity index is 1.52. The molecule has 2 heterocycles. The summed E-state index contributed by atoms with van der Waals surface area (Å²) in [5, 5.41) is 12.0. The first-order valence-electron chi connectivity index (χ1n) is 14.6. The molecule has 0 bridgehead atoms. The van der Waals surface area contributed by atoms with Gasteiger partial charge in [0.2, 0.25) is 11.1 Å². The predicted octanol–water partition coefficient (Wildman–Crippen LogP) is 7.61. The lowest BCUT2D eigenvalue weighted by atomic mass is 9.94. The number of nitrogens with one attached hydrogen (secondary N) is 2. The smallest absolute Gasteiger partial charge is 0.255 e. The zero-order chi connectivity index (χ0) is 30.5. The van der Waals surface area contributed by atoms with Gasteiger partial charge in [0.25, 0.3) is 5.91 Å². The first-order chi connectivity index (χ1) is 20.8. The number of carbonyl (C=O) groups excluding carboxylic acids is 1. The predicted molar refractivity (Wildman–Crippen MR) is 173 cm³/mol. The Bertz CT molecular complexity index is 1660. The number of carbonyl (C=O) groups is 1. The number of aromatic nitrogens is 3. The van der Waals surface area contributed by atoms with Crippen molar-refractivity contribution >= 4 is 29.3 Å². The van der Waals surface area contributed by atoms with E-state index in [1.165, 1.54) is 5.56 Å². The van der Waals surface area contributed by atoms with Crippen molar-refractivity contribution in [3.63, 3.8) is 0 Å². The molecule has 1 aliphatic rings. The van der Waals surface area contributed by atoms with Crippen molar-refractivity contribution in [2.75, 3.05) is 23.5 Å². The molecule has 1 aliphatic heterocycles. The largest absolute Gasteiger partial charge is 0.493 e. The maximum atomic E-state index is 14.0. The Morgan fingerprint density at radius 1 is 1.02 bits per heavy atom. The molecule has 0 aliphatic carbocycles. The van der Waals surface area contributed by atoms with Crippen LogP contribution in [-0.4, -0.2) is 33.5 Å². The number of ether oxygens (including phenoxy) is 2. The van der Waals surface area contributed by atoms with Gasteiger partial charge in [-0.2, -0.15) is 4.98 Å². The number of unbranched alkanes of at least 4 members (excludes halogenated alkanes) is 1. The number of anilines is 2. The van der Waals surface area contributed by atoms with Crippen molar-refractivity contribution in [1.29, 1.82) is 0 Å². The normalized spacial score (nSPS) is 14.2. The van der Waals surface area contributed by atoms with E-state index in [0.29, 0.717) is 34.8 Å². The number of benzene rings is 3. The van der Waals surface area contributed by atoms with Gasteiger partial charge in [0, 0.05) is 17.1 Å². The summed E-state index contributed by atoms with van der Waals surface area (Å²) in [7, 11) is 1.63. The number of hydrogen-bond donors (Lipinski definition) is 2. The van der Waals surface area contributed by atoms with Crippen molar-refractivity contribution in [3.8, 4) is 11.5 Å². The quantitative estimate of drug-likeness (QED) is 0.136. The Morgan fingerprint density at radius 3 is 2.58 bits per heavy atom. The second-order valence-electron chi connectivity index (χ2n) is 10.8. The summed E-state index contributed by atoms with van der Waals surface area (Å²) in [5.41, 5.74) is 7.30. The maximum absolute atomic E-state index is 14.0. The summed E-state index contributed by atoms with van der Waals surface area (Å²) in [5.74, 6) is 2.53. The number of hydrogen-bond acceptors (Lipinski definition) is 7. The van der Waals surface area contributed by atoms with Crippen molar-refractivity contribution < 1.29 is 14.3 Å². The van der Waals surface area contributed by atoms with Crippen LogP contribution in [0.25, 0.3) is 0 Å². The van der Waals surface area contributed by atoms with Crippen LogP contribution in [0.15, 0.2) is 77.1 Å². The van der Waals surface area contributed by atoms with Crippen LogP contribution >= 0.6 is 11.8 Å². The third kappa shape index (κ3) is 6.57. The molecule has 0 fully saturated rings. The summed E-state index contributed by atoms with van der Waals surface area (Å²) < 4.78 is 13.8. The highest BCUT2D eigenvalue weighted by Gasteiger charge is 2.35. The van der Waals surface area contributed by atoms with Gasteiger partial charge in [0.1, 0.15) is 12.6 Å². The van der Waals surface area contributed by atoms with E-state index < -0.39 is 6.04 Å². The zero-order valence-corrected chi connectivity index (χ0v) is 26.5. The Kier molecular flexibility index (Phi) is 9.40. The number of rotatable bonds is 11. The highest BCUT2D eigenvalue weighted by atomic mass is 32.2. The van der Waals surface area contributed by atoms with E-state index in [-0.39, 0.29) is 5.91 Å². The highest BCUT2D eigenvalue weighted by molar-refractivity contribution is 7.99. The van der Waals surface area contributed by atoms with Crippen molar-refractivity contribution in [1.82, 2.24) is 14.8 Å². The fourth-order valence-corrected chi connectivity index (χ4v) is 5.99. The Hall–Kier alpha value is -4.24. The van der Waals surface area contributed by atoms with Crippen molar-refractivity contribution in [2.45, 2.75) is 65.3 Å². The molecule has 0 saturated carbocycles. The monoisotopic (exact) mass is 597 g/mol. The van der Waals surface area contributed by atoms with Crippen LogP contribution < -0.4 is 20.1 Å². The molecule has 0 saturated heterocycles. The number of fused-ring (bicyclic) bond motifs is 1. The van der Waals surface area contributed by atoms with E-state index in [0.717, 1.165) is 52.2 Å². The third-order valence-electron chi connectivity index (χ3n) is 7.81. The number of allylic oxidation sites excluding steroid dienone is 1. The highest BCUT2D eigenvalue weighted by Crippen LogP contribution is 2.40. The topological polar surface area (TPSA) is 90.3 Å². The van der Waals surface area contributed by atoms with Gasteiger partial charge in [-0.3, -0.25) is 4.79 Å². The van der Waals surface area contributed by atoms with Crippen LogP contribution in [0.3, 0.4) is 0 Å². The minimum Gasteiger partial charge on any atom is -0.493 e. The van der Waals surface area contributed by atoms with E-state index in [2.05, 4.69) is 36.6 Å². The fourth-order valence-electron chi connectivity index (χ4n) is 5.08. The molecule has 1 unspecified atom stereocenters. The minimum atomic E-state index is -0.534. The molecule has 43 heavy (non-hydrogen) atoms. The molecular weight excluding hydrogens is 558 g/mol. The molecule has 224 valence electrons. The molecule has 1 atom stereocenters. The van der Waals surface area contributed by atoms with Gasteiger partial charge in [0.15, 0.2) is 11.5 Å². The maximum Gasteiger partial charge on any atom is 0.255 e. The molecule has 8 nitrogen and oxygen atoms in total. The van der Waals surface area contributed by atoms with E-state index in [1.54, 1.807) is 18.9 Å². The molecule has 2 N–H and O–H groups in total. The fraction of sp³-hybridized carbons (Fsp3) is 0.324. The number of methoxy groups -OCH3 is 1. The SMILES string of the molecule is CCCCSc1nc2n(n1)C(c1ccc(OCc3ccccc3C)c(OC)c1)C(C(=O)Nc1cccc(C)c1C)=C(C)N2. The first-order valence-corrected chi connectivity index (χ1v) is 15.6. The van der Waals surface area contributed by atoms with Gasteiger partial charge in [-0.25, -0.2) is 4.68 Å². The minimum absolute atomic E-state index is 0.205. The van der Waals surface area contributed by atoms with Gasteiger partial charge >= 0.3 is 0 Å². The summed E-state index contributed by atoms with van der Waals surface area (Å²) >= 11 is 1.62. The Labute approximate surface area is 257 Å². The molecule has 4 aromatic rings.